The van der Waals surface area contributed by atoms with E-state index in [-0.39, 0.29) is 11.3 Å². The molecule has 0 amide bonds. The number of aliphatic hydroxyl groups excluding tert-OH is 4. The zero-order chi connectivity index (χ0) is 24.0. The molecule has 0 bridgehead atoms. The normalized spacial score (nSPS) is 28.7. The average molecular weight is 457 g/mol. The third kappa shape index (κ3) is 3.05. The minimum atomic E-state index is -3.50. The molecule has 9 N–H and O–H groups in total. The maximum Gasteiger partial charge on any atom is 0.348 e. The van der Waals surface area contributed by atoms with E-state index < -0.39 is 78.1 Å². The fourth-order valence-electron chi connectivity index (χ4n) is 3.66. The molecule has 2 unspecified atom stereocenters. The number of hydrogen-bond donors (Lipinski definition) is 8. The van der Waals surface area contributed by atoms with E-state index in [1.165, 1.54) is 0 Å². The van der Waals surface area contributed by atoms with Crippen LogP contribution in [0.5, 0.6) is 0 Å². The van der Waals surface area contributed by atoms with Crippen LogP contribution < -0.4 is 11.4 Å². The summed E-state index contributed by atoms with van der Waals surface area (Å²) in [5.74, 6) is -4.91. The van der Waals surface area contributed by atoms with Crippen molar-refractivity contribution in [1.82, 2.24) is 19.5 Å². The highest BCUT2D eigenvalue weighted by Gasteiger charge is 2.75. The second kappa shape index (κ2) is 8.10. The number of aromatic nitrogens is 4. The van der Waals surface area contributed by atoms with Gasteiger partial charge in [-0.2, -0.15) is 4.98 Å². The summed E-state index contributed by atoms with van der Waals surface area (Å²) in [4.78, 5) is 58.3. The maximum absolute atomic E-state index is 12.6. The lowest BCUT2D eigenvalue weighted by Gasteiger charge is -2.38. The first-order valence-electron chi connectivity index (χ1n) is 8.91. The molecule has 1 saturated heterocycles. The molecule has 1 aliphatic rings. The zero-order valence-corrected chi connectivity index (χ0v) is 16.1. The van der Waals surface area contributed by atoms with Crippen LogP contribution >= 0.6 is 0 Å². The van der Waals surface area contributed by atoms with Gasteiger partial charge in [0.1, 0.15) is 43.4 Å². The number of carbonyl (C=O) groups is 3. The number of hydrogen-bond acceptors (Lipinski definition) is 14. The van der Waals surface area contributed by atoms with Gasteiger partial charge in [-0.3, -0.25) is 23.9 Å². The van der Waals surface area contributed by atoms with Gasteiger partial charge in [-0.1, -0.05) is 0 Å². The van der Waals surface area contributed by atoms with Gasteiger partial charge in [-0.15, -0.1) is 0 Å². The third-order valence-corrected chi connectivity index (χ3v) is 5.26. The Kier molecular flexibility index (Phi) is 5.96. The minimum Gasteiger partial charge on any atom is -0.388 e. The number of nitrogens with two attached hydrogens (primary N) is 1. The molecule has 0 aromatic carbocycles. The van der Waals surface area contributed by atoms with Gasteiger partial charge in [0.15, 0.2) is 34.8 Å². The fourth-order valence-corrected chi connectivity index (χ4v) is 3.66. The minimum absolute atomic E-state index is 0.153. The molecule has 1 fully saturated rings. The van der Waals surface area contributed by atoms with Crippen LogP contribution in [0.25, 0.3) is 11.2 Å². The third-order valence-electron chi connectivity index (χ3n) is 5.26. The number of fused-ring (bicyclic) bond motifs is 1. The monoisotopic (exact) mass is 457 g/mol. The molecule has 3 heterocycles. The van der Waals surface area contributed by atoms with Gasteiger partial charge >= 0.3 is 5.69 Å². The maximum atomic E-state index is 12.6. The van der Waals surface area contributed by atoms with Crippen molar-refractivity contribution >= 4 is 34.3 Å². The summed E-state index contributed by atoms with van der Waals surface area (Å²) in [6.45, 7) is -4.22. The number of anilines is 1. The van der Waals surface area contributed by atoms with Crippen molar-refractivity contribution in [2.24, 2.45) is 0 Å². The van der Waals surface area contributed by atoms with Crippen LogP contribution in [-0.4, -0.2) is 111 Å². The highest BCUT2D eigenvalue weighted by atomic mass is 16.6. The standard InChI is InChI=1S/C16H19N5O11/c17-11-8-12(20-14(29)19-11)21(4-18-8)13-16(31,7(27)3-24)15(30,6(26)2-23)10(32-13)9(28)5(25)1-22/h4,9-10,13,22-24,28,30-31H,1-3H2,(H3,17,19,20,29)/t9?,10-,13?,15-,16-/m1/s1. The number of rotatable bonds is 8. The number of Topliss-reactive ketones (excluding diaryl/α,β-unsaturated/α-hetero) is 3. The first kappa shape index (κ1) is 23.5. The fraction of sp³-hybridized carbons (Fsp3) is 0.500. The highest BCUT2D eigenvalue weighted by Crippen LogP contribution is 2.48. The summed E-state index contributed by atoms with van der Waals surface area (Å²) in [5.41, 5.74) is -2.83. The molecule has 0 saturated carbocycles. The lowest BCUT2D eigenvalue weighted by Crippen LogP contribution is -2.70. The molecular weight excluding hydrogens is 438 g/mol. The largest absolute Gasteiger partial charge is 0.388 e. The predicted molar refractivity (Wildman–Crippen MR) is 98.7 cm³/mol. The summed E-state index contributed by atoms with van der Waals surface area (Å²) in [6, 6.07) is 0. The Labute approximate surface area is 176 Å². The Hall–Kier alpha value is -3.12. The second-order valence-corrected chi connectivity index (χ2v) is 6.95. The molecule has 3 rings (SSSR count). The molecule has 32 heavy (non-hydrogen) atoms. The molecule has 16 heteroatoms. The van der Waals surface area contributed by atoms with Crippen LogP contribution in [0.15, 0.2) is 11.1 Å². The number of aliphatic hydroxyl groups is 6. The van der Waals surface area contributed by atoms with Crippen LogP contribution in [0.2, 0.25) is 0 Å². The SMILES string of the molecule is Nc1[nH]c(=O)nc2c1ncn2C1O[C@H](C(O)C(=O)CO)[C@](O)(C(=O)CO)[C@@]1(O)C(=O)CO. The van der Waals surface area contributed by atoms with Crippen LogP contribution in [0.1, 0.15) is 6.23 Å². The van der Waals surface area contributed by atoms with Gasteiger partial charge in [0.05, 0.1) is 6.33 Å². The van der Waals surface area contributed by atoms with Crippen molar-refractivity contribution in [1.29, 1.82) is 0 Å². The predicted octanol–water partition coefficient (Wildman–Crippen LogP) is -5.89. The lowest BCUT2D eigenvalue weighted by atomic mass is 9.72. The summed E-state index contributed by atoms with van der Waals surface area (Å²) in [5, 5.41) is 60.5. The van der Waals surface area contributed by atoms with E-state index in [4.69, 9.17) is 15.6 Å². The molecule has 2 aromatic heterocycles. The Balaban J connectivity index is 2.33. The first-order chi connectivity index (χ1) is 15.0. The summed E-state index contributed by atoms with van der Waals surface area (Å²) < 4.78 is 6.05. The Morgan fingerprint density at radius 3 is 2.31 bits per heavy atom. The second-order valence-electron chi connectivity index (χ2n) is 6.95. The molecular formula is C16H19N5O11. The Bertz CT molecular complexity index is 1150. The van der Waals surface area contributed by atoms with E-state index >= 15 is 0 Å². The van der Waals surface area contributed by atoms with Crippen LogP contribution in [-0.2, 0) is 19.1 Å². The molecule has 0 radical (unpaired) electrons. The highest BCUT2D eigenvalue weighted by molar-refractivity contribution is 6.02. The van der Waals surface area contributed by atoms with Gasteiger partial charge in [0.25, 0.3) is 0 Å². The lowest BCUT2D eigenvalue weighted by molar-refractivity contribution is -0.189. The van der Waals surface area contributed by atoms with Gasteiger partial charge in [-0.05, 0) is 0 Å². The molecule has 0 aliphatic carbocycles. The molecule has 0 spiro atoms. The number of H-pyrrole nitrogens is 1. The quantitative estimate of drug-likeness (QED) is 0.183. The smallest absolute Gasteiger partial charge is 0.348 e. The van der Waals surface area contributed by atoms with E-state index in [9.17, 15) is 44.7 Å². The van der Waals surface area contributed by atoms with Gasteiger partial charge in [-0.25, -0.2) is 9.78 Å². The number of nitrogens with zero attached hydrogens (tertiary/aromatic N) is 3. The number of nitrogens with one attached hydrogen (secondary N) is 1. The van der Waals surface area contributed by atoms with Crippen molar-refractivity contribution in [3.05, 3.63) is 16.8 Å². The number of nitrogen functional groups attached to an aromatic ring is 1. The summed E-state index contributed by atoms with van der Waals surface area (Å²) in [6.07, 6.45) is -6.25. The van der Waals surface area contributed by atoms with Crippen molar-refractivity contribution in [2.75, 3.05) is 25.6 Å². The van der Waals surface area contributed by atoms with E-state index in [2.05, 4.69) is 15.0 Å². The molecule has 5 atom stereocenters. The number of imidazole rings is 1. The topological polar surface area (TPSA) is 271 Å². The number of ketones is 3. The first-order valence-corrected chi connectivity index (χ1v) is 8.91. The van der Waals surface area contributed by atoms with Crippen molar-refractivity contribution < 1.29 is 49.8 Å². The van der Waals surface area contributed by atoms with Gasteiger partial charge in [0.2, 0.25) is 5.60 Å². The van der Waals surface area contributed by atoms with Crippen LogP contribution in [0.4, 0.5) is 5.82 Å². The molecule has 16 nitrogen and oxygen atoms in total. The van der Waals surface area contributed by atoms with Crippen LogP contribution in [0.3, 0.4) is 0 Å². The van der Waals surface area contributed by atoms with E-state index in [0.717, 1.165) is 6.33 Å². The number of carbonyl (C=O) groups excluding carboxylic acids is 3. The molecule has 174 valence electrons. The van der Waals surface area contributed by atoms with Gasteiger partial charge < -0.3 is 41.1 Å². The Morgan fingerprint density at radius 1 is 1.16 bits per heavy atom. The number of aromatic amines is 1. The van der Waals surface area contributed by atoms with Crippen LogP contribution in [0, 0.1) is 0 Å². The zero-order valence-electron chi connectivity index (χ0n) is 16.1. The van der Waals surface area contributed by atoms with Crippen molar-refractivity contribution in [3.8, 4) is 0 Å². The van der Waals surface area contributed by atoms with Crippen molar-refractivity contribution in [3.63, 3.8) is 0 Å². The summed E-state index contributed by atoms with van der Waals surface area (Å²) >= 11 is 0. The Morgan fingerprint density at radius 2 is 1.75 bits per heavy atom. The molecule has 1 aliphatic heterocycles. The van der Waals surface area contributed by atoms with Crippen molar-refractivity contribution in [2.45, 2.75) is 29.6 Å². The summed E-state index contributed by atoms with van der Waals surface area (Å²) in [7, 11) is 0. The van der Waals surface area contributed by atoms with E-state index in [1.54, 1.807) is 0 Å². The van der Waals surface area contributed by atoms with E-state index in [1.807, 2.05) is 0 Å². The van der Waals surface area contributed by atoms with E-state index in [0.29, 0.717) is 4.57 Å². The number of ether oxygens (including phenoxy) is 1. The average Bonchev–Trinajstić information content (AvgIpc) is 3.29. The molecule has 2 aromatic rings. The van der Waals surface area contributed by atoms with Gasteiger partial charge in [0, 0.05) is 0 Å².